The van der Waals surface area contributed by atoms with Crippen LogP contribution in [0, 0.1) is 0 Å². The number of hydrogen-bond donors (Lipinski definition) is 2. The number of nitrogens with zero attached hydrogens (tertiary/aromatic N) is 3. The van der Waals surface area contributed by atoms with E-state index in [1.807, 2.05) is 6.92 Å². The van der Waals surface area contributed by atoms with Gasteiger partial charge in [-0.15, -0.1) is 0 Å². The number of carbonyl (C=O) groups is 1. The van der Waals surface area contributed by atoms with Gasteiger partial charge < -0.3 is 10.3 Å². The maximum Gasteiger partial charge on any atom is 0.258 e. The van der Waals surface area contributed by atoms with Crippen LogP contribution in [0.4, 0.5) is 11.5 Å². The van der Waals surface area contributed by atoms with E-state index in [9.17, 15) is 4.79 Å². The standard InChI is InChI=1S/C13H15N5O/c1-2-18(11-4-6-15-7-5-11)13(19)10-3-8-16-12(9-10)17-14/h3-9H,2,14H2,1H3,(H,16,17). The van der Waals surface area contributed by atoms with Gasteiger partial charge >= 0.3 is 0 Å². The number of nitrogens with one attached hydrogen (secondary N) is 1. The highest BCUT2D eigenvalue weighted by Crippen LogP contribution is 2.16. The lowest BCUT2D eigenvalue weighted by atomic mass is 10.2. The van der Waals surface area contributed by atoms with E-state index in [1.54, 1.807) is 47.8 Å². The molecule has 2 rings (SSSR count). The van der Waals surface area contributed by atoms with Crippen molar-refractivity contribution in [3.63, 3.8) is 0 Å². The lowest BCUT2D eigenvalue weighted by Gasteiger charge is -2.21. The maximum absolute atomic E-state index is 12.5. The molecule has 2 aromatic heterocycles. The van der Waals surface area contributed by atoms with E-state index < -0.39 is 0 Å². The molecule has 0 saturated heterocycles. The lowest BCUT2D eigenvalue weighted by molar-refractivity contribution is 0.0988. The van der Waals surface area contributed by atoms with Crippen LogP contribution in [0.3, 0.4) is 0 Å². The Labute approximate surface area is 111 Å². The van der Waals surface area contributed by atoms with Gasteiger partial charge in [-0.25, -0.2) is 10.8 Å². The monoisotopic (exact) mass is 257 g/mol. The van der Waals surface area contributed by atoms with Gasteiger partial charge in [0.25, 0.3) is 5.91 Å². The van der Waals surface area contributed by atoms with E-state index >= 15 is 0 Å². The molecule has 98 valence electrons. The average Bonchev–Trinajstić information content (AvgIpc) is 2.49. The Balaban J connectivity index is 2.30. The van der Waals surface area contributed by atoms with Gasteiger partial charge in [0.1, 0.15) is 5.82 Å². The predicted molar refractivity (Wildman–Crippen MR) is 73.6 cm³/mol. The van der Waals surface area contributed by atoms with Crippen LogP contribution in [0.5, 0.6) is 0 Å². The Morgan fingerprint density at radius 1 is 1.32 bits per heavy atom. The molecule has 6 nitrogen and oxygen atoms in total. The Morgan fingerprint density at radius 2 is 2.05 bits per heavy atom. The normalized spacial score (nSPS) is 10.0. The van der Waals surface area contributed by atoms with E-state index in [1.165, 1.54) is 0 Å². The number of amides is 1. The largest absolute Gasteiger partial charge is 0.309 e. The topological polar surface area (TPSA) is 84.1 Å². The third-order valence-corrected chi connectivity index (χ3v) is 2.69. The zero-order valence-corrected chi connectivity index (χ0v) is 10.6. The van der Waals surface area contributed by atoms with Crippen molar-refractivity contribution in [1.82, 2.24) is 9.97 Å². The molecule has 19 heavy (non-hydrogen) atoms. The number of anilines is 2. The van der Waals surface area contributed by atoms with E-state index in [2.05, 4.69) is 15.4 Å². The van der Waals surface area contributed by atoms with Crippen LogP contribution in [0.25, 0.3) is 0 Å². The van der Waals surface area contributed by atoms with Crippen LogP contribution in [0.1, 0.15) is 17.3 Å². The smallest absolute Gasteiger partial charge is 0.258 e. The minimum absolute atomic E-state index is 0.104. The Kier molecular flexibility index (Phi) is 4.04. The first kappa shape index (κ1) is 13.0. The van der Waals surface area contributed by atoms with Crippen molar-refractivity contribution in [3.8, 4) is 0 Å². The van der Waals surface area contributed by atoms with Gasteiger partial charge in [-0.2, -0.15) is 0 Å². The van der Waals surface area contributed by atoms with Gasteiger partial charge in [-0.3, -0.25) is 9.78 Å². The van der Waals surface area contributed by atoms with Crippen LogP contribution in [-0.4, -0.2) is 22.4 Å². The van der Waals surface area contributed by atoms with Gasteiger partial charge in [0.05, 0.1) is 0 Å². The second kappa shape index (κ2) is 5.92. The van der Waals surface area contributed by atoms with Gasteiger partial charge in [-0.1, -0.05) is 0 Å². The fraction of sp³-hybridized carbons (Fsp3) is 0.154. The molecule has 0 radical (unpaired) electrons. The van der Waals surface area contributed by atoms with Crippen molar-refractivity contribution in [1.29, 1.82) is 0 Å². The molecular formula is C13H15N5O. The molecule has 0 saturated carbocycles. The molecule has 0 unspecified atom stereocenters. The van der Waals surface area contributed by atoms with Crippen molar-refractivity contribution in [2.75, 3.05) is 16.9 Å². The van der Waals surface area contributed by atoms with Gasteiger partial charge in [0.15, 0.2) is 0 Å². The Morgan fingerprint density at radius 3 is 2.68 bits per heavy atom. The second-order valence-electron chi connectivity index (χ2n) is 3.83. The number of hydrazine groups is 1. The summed E-state index contributed by atoms with van der Waals surface area (Å²) < 4.78 is 0. The zero-order valence-electron chi connectivity index (χ0n) is 10.6. The summed E-state index contributed by atoms with van der Waals surface area (Å²) in [5, 5.41) is 0. The highest BCUT2D eigenvalue weighted by Gasteiger charge is 2.16. The first-order valence-corrected chi connectivity index (χ1v) is 5.90. The molecule has 0 aromatic carbocycles. The molecule has 0 aliphatic rings. The number of aromatic nitrogens is 2. The van der Waals surface area contributed by atoms with Crippen molar-refractivity contribution in [2.24, 2.45) is 5.84 Å². The van der Waals surface area contributed by atoms with Crippen molar-refractivity contribution < 1.29 is 4.79 Å². The summed E-state index contributed by atoms with van der Waals surface area (Å²) in [5.41, 5.74) is 3.76. The third-order valence-electron chi connectivity index (χ3n) is 2.69. The summed E-state index contributed by atoms with van der Waals surface area (Å²) >= 11 is 0. The predicted octanol–water partition coefficient (Wildman–Crippen LogP) is 1.43. The number of nitrogen functional groups attached to an aromatic ring is 1. The number of carbonyl (C=O) groups excluding carboxylic acids is 1. The summed E-state index contributed by atoms with van der Waals surface area (Å²) in [5.74, 6) is 5.64. The third kappa shape index (κ3) is 2.86. The molecule has 3 N–H and O–H groups in total. The molecule has 0 aliphatic heterocycles. The molecule has 1 amide bonds. The number of rotatable bonds is 4. The Bertz CT molecular complexity index is 558. The molecule has 2 heterocycles. The van der Waals surface area contributed by atoms with Gasteiger partial charge in [0.2, 0.25) is 0 Å². The summed E-state index contributed by atoms with van der Waals surface area (Å²) in [6.45, 7) is 2.48. The summed E-state index contributed by atoms with van der Waals surface area (Å²) in [6.07, 6.45) is 4.86. The van der Waals surface area contributed by atoms with E-state index in [0.29, 0.717) is 17.9 Å². The minimum Gasteiger partial charge on any atom is -0.309 e. The molecule has 0 aliphatic carbocycles. The van der Waals surface area contributed by atoms with Crippen molar-refractivity contribution in [2.45, 2.75) is 6.92 Å². The summed E-state index contributed by atoms with van der Waals surface area (Å²) in [7, 11) is 0. The quantitative estimate of drug-likeness (QED) is 0.639. The van der Waals surface area contributed by atoms with E-state index in [4.69, 9.17) is 5.84 Å². The molecule has 0 bridgehead atoms. The van der Waals surface area contributed by atoms with Crippen LogP contribution >= 0.6 is 0 Å². The molecule has 6 heteroatoms. The number of pyridine rings is 2. The second-order valence-corrected chi connectivity index (χ2v) is 3.83. The van der Waals surface area contributed by atoms with Crippen molar-refractivity contribution >= 4 is 17.4 Å². The lowest BCUT2D eigenvalue weighted by Crippen LogP contribution is -2.30. The maximum atomic E-state index is 12.5. The zero-order chi connectivity index (χ0) is 13.7. The summed E-state index contributed by atoms with van der Waals surface area (Å²) in [4.78, 5) is 22.0. The number of nitrogens with two attached hydrogens (primary N) is 1. The molecule has 0 fully saturated rings. The molecule has 2 aromatic rings. The fourth-order valence-corrected chi connectivity index (χ4v) is 1.77. The molecule has 0 atom stereocenters. The van der Waals surface area contributed by atoms with Crippen LogP contribution in [0.15, 0.2) is 42.9 Å². The fourth-order valence-electron chi connectivity index (χ4n) is 1.77. The van der Waals surface area contributed by atoms with Gasteiger partial charge in [0, 0.05) is 36.4 Å². The summed E-state index contributed by atoms with van der Waals surface area (Å²) in [6, 6.07) is 6.87. The van der Waals surface area contributed by atoms with Crippen molar-refractivity contribution in [3.05, 3.63) is 48.4 Å². The van der Waals surface area contributed by atoms with E-state index in [0.717, 1.165) is 5.69 Å². The Hall–Kier alpha value is -2.47. The molecule has 0 spiro atoms. The highest BCUT2D eigenvalue weighted by molar-refractivity contribution is 6.06. The minimum atomic E-state index is -0.104. The average molecular weight is 257 g/mol. The van der Waals surface area contributed by atoms with E-state index in [-0.39, 0.29) is 5.91 Å². The first-order chi connectivity index (χ1) is 9.26. The highest BCUT2D eigenvalue weighted by atomic mass is 16.2. The van der Waals surface area contributed by atoms with Crippen LogP contribution < -0.4 is 16.2 Å². The van der Waals surface area contributed by atoms with Gasteiger partial charge in [-0.05, 0) is 31.2 Å². The number of hydrogen-bond acceptors (Lipinski definition) is 5. The molecular weight excluding hydrogens is 242 g/mol. The SMILES string of the molecule is CCN(C(=O)c1ccnc(NN)c1)c1ccncc1. The van der Waals surface area contributed by atoms with Crippen LogP contribution in [-0.2, 0) is 0 Å². The van der Waals surface area contributed by atoms with Crippen LogP contribution in [0.2, 0.25) is 0 Å². The first-order valence-electron chi connectivity index (χ1n) is 5.90.